The number of amides is 2. The van der Waals surface area contributed by atoms with Crippen LogP contribution in [0.1, 0.15) is 24.2 Å². The van der Waals surface area contributed by atoms with Gasteiger partial charge in [0.05, 0.1) is 19.1 Å². The van der Waals surface area contributed by atoms with E-state index in [2.05, 4.69) is 10.0 Å². The van der Waals surface area contributed by atoms with Gasteiger partial charge in [-0.3, -0.25) is 0 Å². The smallest absolute Gasteiger partial charge is 0.321 e. The fourth-order valence-corrected chi connectivity index (χ4v) is 3.96. The normalized spacial score (nSPS) is 17.5. The number of ether oxygens (including phenoxy) is 1. The van der Waals surface area contributed by atoms with Gasteiger partial charge in [-0.15, -0.1) is 0 Å². The maximum absolute atomic E-state index is 12.6. The number of carbonyl (C=O) groups is 1. The number of nitrogens with zero attached hydrogens (tertiary/aromatic N) is 1. The first-order chi connectivity index (χ1) is 13.4. The Morgan fingerprint density at radius 2 is 2.14 bits per heavy atom. The summed E-state index contributed by atoms with van der Waals surface area (Å²) in [7, 11) is -3.29. The van der Waals surface area contributed by atoms with E-state index in [0.717, 1.165) is 30.4 Å². The Morgan fingerprint density at radius 1 is 1.29 bits per heavy atom. The van der Waals surface area contributed by atoms with Gasteiger partial charge < -0.3 is 19.4 Å². The van der Waals surface area contributed by atoms with Crippen LogP contribution in [-0.4, -0.2) is 44.7 Å². The molecule has 1 aromatic carbocycles. The van der Waals surface area contributed by atoms with Crippen molar-refractivity contribution in [1.29, 1.82) is 0 Å². The molecule has 0 unspecified atom stereocenters. The maximum Gasteiger partial charge on any atom is 0.321 e. The van der Waals surface area contributed by atoms with Crippen molar-refractivity contribution in [3.63, 3.8) is 0 Å². The van der Waals surface area contributed by atoms with Gasteiger partial charge in [-0.25, -0.2) is 17.9 Å². The molecule has 8 nitrogen and oxygen atoms in total. The molecule has 1 fully saturated rings. The number of hydrogen-bond acceptors (Lipinski definition) is 5. The summed E-state index contributed by atoms with van der Waals surface area (Å²) in [5.41, 5.74) is 1.60. The highest BCUT2D eigenvalue weighted by Crippen LogP contribution is 2.16. The van der Waals surface area contributed by atoms with E-state index in [1.807, 2.05) is 36.4 Å². The zero-order valence-corrected chi connectivity index (χ0v) is 16.6. The van der Waals surface area contributed by atoms with E-state index in [1.165, 1.54) is 0 Å². The first-order valence-corrected chi connectivity index (χ1v) is 11.0. The summed E-state index contributed by atoms with van der Waals surface area (Å²) in [6.45, 7) is 1.73. The van der Waals surface area contributed by atoms with Crippen LogP contribution in [0.3, 0.4) is 0 Å². The number of furan rings is 1. The number of benzene rings is 1. The predicted molar refractivity (Wildman–Crippen MR) is 105 cm³/mol. The van der Waals surface area contributed by atoms with Gasteiger partial charge in [-0.2, -0.15) is 0 Å². The van der Waals surface area contributed by atoms with Gasteiger partial charge in [0.15, 0.2) is 0 Å². The molecule has 2 aromatic rings. The molecule has 0 saturated carbocycles. The highest BCUT2D eigenvalue weighted by Gasteiger charge is 2.25. The Hall–Kier alpha value is -2.36. The zero-order valence-electron chi connectivity index (χ0n) is 15.8. The zero-order chi connectivity index (χ0) is 20.0. The van der Waals surface area contributed by atoms with Crippen LogP contribution < -0.4 is 10.0 Å². The number of sulfonamides is 1. The third kappa shape index (κ3) is 6.36. The number of anilines is 1. The van der Waals surface area contributed by atoms with Crippen LogP contribution in [0.15, 0.2) is 47.1 Å². The molecule has 1 atom stereocenters. The Kier molecular flexibility index (Phi) is 6.71. The third-order valence-electron chi connectivity index (χ3n) is 4.36. The van der Waals surface area contributed by atoms with E-state index < -0.39 is 10.0 Å². The van der Waals surface area contributed by atoms with Crippen LogP contribution >= 0.6 is 0 Å². The van der Waals surface area contributed by atoms with Crippen LogP contribution in [0.4, 0.5) is 10.5 Å². The topological polar surface area (TPSA) is 101 Å². The molecular formula is C19H25N3O5S. The Balaban J connectivity index is 1.52. The summed E-state index contributed by atoms with van der Waals surface area (Å²) < 4.78 is 36.3. The minimum atomic E-state index is -3.29. The summed E-state index contributed by atoms with van der Waals surface area (Å²) in [5.74, 6) is 0.756. The van der Waals surface area contributed by atoms with E-state index in [-0.39, 0.29) is 12.1 Å². The minimum absolute atomic E-state index is 0.242. The molecule has 152 valence electrons. The predicted octanol–water partition coefficient (Wildman–Crippen LogP) is 2.54. The SMILES string of the molecule is CS(=O)(=O)N[C@H]1CCCN(C(=O)Nc2cccc(COCc3ccco3)c2)C1. The third-order valence-corrected chi connectivity index (χ3v) is 5.12. The number of carbonyl (C=O) groups excluding carboxylic acids is 1. The molecule has 0 radical (unpaired) electrons. The largest absolute Gasteiger partial charge is 0.467 e. The molecule has 2 N–H and O–H groups in total. The van der Waals surface area contributed by atoms with Crippen molar-refractivity contribution >= 4 is 21.7 Å². The van der Waals surface area contributed by atoms with E-state index in [4.69, 9.17) is 9.15 Å². The number of likely N-dealkylation sites (tertiary alicyclic amines) is 1. The molecule has 0 bridgehead atoms. The second kappa shape index (κ2) is 9.22. The Morgan fingerprint density at radius 3 is 2.89 bits per heavy atom. The van der Waals surface area contributed by atoms with Gasteiger partial charge in [0.2, 0.25) is 10.0 Å². The average Bonchev–Trinajstić information content (AvgIpc) is 3.14. The molecule has 1 aliphatic rings. The molecule has 1 aliphatic heterocycles. The summed E-state index contributed by atoms with van der Waals surface area (Å²) in [6, 6.07) is 10.6. The Bertz CT molecular complexity index is 883. The van der Waals surface area contributed by atoms with E-state index in [0.29, 0.717) is 32.0 Å². The van der Waals surface area contributed by atoms with Gasteiger partial charge in [0.25, 0.3) is 0 Å². The lowest BCUT2D eigenvalue weighted by atomic mass is 10.1. The number of hydrogen-bond donors (Lipinski definition) is 2. The van der Waals surface area contributed by atoms with Crippen molar-refractivity contribution in [2.45, 2.75) is 32.1 Å². The second-order valence-corrected chi connectivity index (χ2v) is 8.66. The fourth-order valence-electron chi connectivity index (χ4n) is 3.17. The van der Waals surface area contributed by atoms with Crippen molar-refractivity contribution in [3.8, 4) is 0 Å². The molecule has 28 heavy (non-hydrogen) atoms. The number of urea groups is 1. The highest BCUT2D eigenvalue weighted by atomic mass is 32.2. The van der Waals surface area contributed by atoms with Gasteiger partial charge in [-0.05, 0) is 42.7 Å². The summed E-state index contributed by atoms with van der Waals surface area (Å²) in [5, 5.41) is 2.88. The van der Waals surface area contributed by atoms with Crippen LogP contribution in [0, 0.1) is 0 Å². The van der Waals surface area contributed by atoms with Crippen molar-refractivity contribution in [3.05, 3.63) is 54.0 Å². The molecule has 0 spiro atoms. The molecule has 1 saturated heterocycles. The van der Waals surface area contributed by atoms with E-state index in [1.54, 1.807) is 11.2 Å². The average molecular weight is 407 g/mol. The Labute approximate surface area is 164 Å². The van der Waals surface area contributed by atoms with Gasteiger partial charge in [-0.1, -0.05) is 12.1 Å². The van der Waals surface area contributed by atoms with Crippen LogP contribution in [0.5, 0.6) is 0 Å². The fraction of sp³-hybridized carbons (Fsp3) is 0.421. The lowest BCUT2D eigenvalue weighted by Gasteiger charge is -2.32. The monoisotopic (exact) mass is 407 g/mol. The molecule has 2 amide bonds. The standard InChI is InChI=1S/C19H25N3O5S/c1-28(24,25)21-17-7-3-9-22(12-17)19(23)20-16-6-2-5-15(11-16)13-26-14-18-8-4-10-27-18/h2,4-6,8,10-11,17,21H,3,7,9,12-14H2,1H3,(H,20,23)/t17-/m0/s1. The molecule has 0 aliphatic carbocycles. The van der Waals surface area contributed by atoms with Gasteiger partial charge >= 0.3 is 6.03 Å². The number of nitrogens with one attached hydrogen (secondary N) is 2. The summed E-state index contributed by atoms with van der Waals surface area (Å²) in [4.78, 5) is 14.2. The van der Waals surface area contributed by atoms with Crippen LogP contribution in [0.2, 0.25) is 0 Å². The van der Waals surface area contributed by atoms with Gasteiger partial charge in [0, 0.05) is 24.8 Å². The number of piperidine rings is 1. The second-order valence-electron chi connectivity index (χ2n) is 6.88. The van der Waals surface area contributed by atoms with Crippen molar-refractivity contribution in [2.24, 2.45) is 0 Å². The van der Waals surface area contributed by atoms with E-state index in [9.17, 15) is 13.2 Å². The maximum atomic E-state index is 12.6. The van der Waals surface area contributed by atoms with Crippen molar-refractivity contribution < 1.29 is 22.4 Å². The quantitative estimate of drug-likeness (QED) is 0.735. The highest BCUT2D eigenvalue weighted by molar-refractivity contribution is 7.88. The lowest BCUT2D eigenvalue weighted by Crippen LogP contribution is -2.50. The van der Waals surface area contributed by atoms with Crippen LogP contribution in [0.25, 0.3) is 0 Å². The molecule has 3 rings (SSSR count). The first-order valence-electron chi connectivity index (χ1n) is 9.11. The summed E-state index contributed by atoms with van der Waals surface area (Å²) >= 11 is 0. The lowest BCUT2D eigenvalue weighted by molar-refractivity contribution is 0.0930. The molecule has 9 heteroatoms. The minimum Gasteiger partial charge on any atom is -0.467 e. The van der Waals surface area contributed by atoms with E-state index >= 15 is 0 Å². The molecule has 2 heterocycles. The van der Waals surface area contributed by atoms with Crippen LogP contribution in [-0.2, 0) is 28.0 Å². The summed E-state index contributed by atoms with van der Waals surface area (Å²) in [6.07, 6.45) is 4.21. The van der Waals surface area contributed by atoms with Gasteiger partial charge in [0.1, 0.15) is 12.4 Å². The first kappa shape index (κ1) is 20.4. The molecule has 1 aromatic heterocycles. The van der Waals surface area contributed by atoms with Crippen molar-refractivity contribution in [1.82, 2.24) is 9.62 Å². The number of rotatable bonds is 7. The molecular weight excluding hydrogens is 382 g/mol. The van der Waals surface area contributed by atoms with Crippen molar-refractivity contribution in [2.75, 3.05) is 24.7 Å².